The van der Waals surface area contributed by atoms with Crippen LogP contribution in [0.2, 0.25) is 0 Å². The second kappa shape index (κ2) is 10.4. The van der Waals surface area contributed by atoms with Gasteiger partial charge in [0.25, 0.3) is 0 Å². The van der Waals surface area contributed by atoms with Crippen LogP contribution in [-0.4, -0.2) is 14.1 Å². The first-order valence-corrected chi connectivity index (χ1v) is 16.8. The van der Waals surface area contributed by atoms with E-state index in [1.807, 2.05) is 66.1 Å². The second-order valence-corrected chi connectivity index (χ2v) is 13.4. The van der Waals surface area contributed by atoms with E-state index >= 15 is 0 Å². The summed E-state index contributed by atoms with van der Waals surface area (Å²) in [6.45, 7) is 0. The normalized spacial score (nSPS) is 11.6. The van der Waals surface area contributed by atoms with Gasteiger partial charge in [-0.3, -0.25) is 4.98 Å². The Morgan fingerprint density at radius 3 is 2.20 bits per heavy atom. The summed E-state index contributed by atoms with van der Waals surface area (Å²) in [5, 5.41) is 25.5. The number of aromatic nitrogens is 3. The Kier molecular flexibility index (Phi) is 5.81. The number of nitriles is 2. The lowest BCUT2D eigenvalue weighted by Crippen LogP contribution is -1.97. The molecule has 0 bridgehead atoms. The third kappa shape index (κ3) is 3.99. The van der Waals surface area contributed by atoms with E-state index in [2.05, 4.69) is 106 Å². The van der Waals surface area contributed by atoms with E-state index in [-0.39, 0.29) is 0 Å². The van der Waals surface area contributed by atoms with Crippen LogP contribution in [0.1, 0.15) is 11.1 Å². The van der Waals surface area contributed by atoms with Crippen molar-refractivity contribution in [3.63, 3.8) is 0 Å². The number of rotatable bonds is 3. The van der Waals surface area contributed by atoms with Crippen LogP contribution in [0.5, 0.6) is 0 Å². The Labute approximate surface area is 284 Å². The number of para-hydroxylation sites is 1. The Morgan fingerprint density at radius 2 is 1.31 bits per heavy atom. The fourth-order valence-corrected chi connectivity index (χ4v) is 8.62. The van der Waals surface area contributed by atoms with Crippen molar-refractivity contribution in [1.29, 1.82) is 10.5 Å². The first-order valence-electron chi connectivity index (χ1n) is 16.0. The van der Waals surface area contributed by atoms with Gasteiger partial charge in [-0.05, 0) is 96.1 Å². The summed E-state index contributed by atoms with van der Waals surface area (Å²) in [5.74, 6) is 0. The monoisotopic (exact) mass is 641 g/mol. The highest BCUT2D eigenvalue weighted by Crippen LogP contribution is 2.43. The fourth-order valence-electron chi connectivity index (χ4n) is 7.51. The van der Waals surface area contributed by atoms with Crippen LogP contribution in [0.15, 0.2) is 140 Å². The van der Waals surface area contributed by atoms with E-state index < -0.39 is 0 Å². The van der Waals surface area contributed by atoms with Crippen LogP contribution in [0, 0.1) is 22.7 Å². The SMILES string of the molecule is N#Cc1cc(-c2cccc(-n3c4cccnc4c4ccc5sc6ccccc6c5c43)c2)cc(-n2c3ccccc3c3cc(C#N)ccc32)c1. The molecule has 0 aliphatic rings. The number of hydrogen-bond acceptors (Lipinski definition) is 4. The molecule has 10 aromatic rings. The first kappa shape index (κ1) is 27.4. The molecule has 226 valence electrons. The third-order valence-electron chi connectivity index (χ3n) is 9.57. The molecule has 4 heterocycles. The summed E-state index contributed by atoms with van der Waals surface area (Å²) in [4.78, 5) is 4.86. The molecule has 49 heavy (non-hydrogen) atoms. The van der Waals surface area contributed by atoms with Crippen molar-refractivity contribution < 1.29 is 0 Å². The number of thiophene rings is 1. The van der Waals surface area contributed by atoms with Crippen LogP contribution in [-0.2, 0) is 0 Å². The number of hydrogen-bond donors (Lipinski definition) is 0. The van der Waals surface area contributed by atoms with Crippen molar-refractivity contribution in [2.24, 2.45) is 0 Å². The maximum atomic E-state index is 10.2. The number of benzene rings is 6. The van der Waals surface area contributed by atoms with Crippen LogP contribution in [0.4, 0.5) is 0 Å². The summed E-state index contributed by atoms with van der Waals surface area (Å²) in [6.07, 6.45) is 1.86. The van der Waals surface area contributed by atoms with Gasteiger partial charge < -0.3 is 9.13 Å². The van der Waals surface area contributed by atoms with E-state index in [4.69, 9.17) is 4.98 Å². The van der Waals surface area contributed by atoms with Gasteiger partial charge in [-0.1, -0.05) is 48.5 Å². The zero-order valence-corrected chi connectivity index (χ0v) is 26.7. The largest absolute Gasteiger partial charge is 0.309 e. The quantitative estimate of drug-likeness (QED) is 0.193. The van der Waals surface area contributed by atoms with Crippen molar-refractivity contribution in [2.45, 2.75) is 0 Å². The van der Waals surface area contributed by atoms with Crippen LogP contribution < -0.4 is 0 Å². The van der Waals surface area contributed by atoms with Gasteiger partial charge in [0.1, 0.15) is 0 Å². The van der Waals surface area contributed by atoms with Gasteiger partial charge in [0.2, 0.25) is 0 Å². The maximum absolute atomic E-state index is 10.2. The van der Waals surface area contributed by atoms with Crippen molar-refractivity contribution in [3.05, 3.63) is 151 Å². The van der Waals surface area contributed by atoms with Crippen LogP contribution in [0.3, 0.4) is 0 Å². The predicted octanol–water partition coefficient (Wildman–Crippen LogP) is 11.1. The zero-order valence-electron chi connectivity index (χ0n) is 25.9. The molecule has 0 radical (unpaired) electrons. The van der Waals surface area contributed by atoms with Gasteiger partial charge in [-0.15, -0.1) is 11.3 Å². The highest BCUT2D eigenvalue weighted by atomic mass is 32.1. The molecule has 10 rings (SSSR count). The molecule has 5 nitrogen and oxygen atoms in total. The van der Waals surface area contributed by atoms with E-state index in [0.717, 1.165) is 66.2 Å². The summed E-state index contributed by atoms with van der Waals surface area (Å²) in [6, 6.07) is 50.5. The predicted molar refractivity (Wildman–Crippen MR) is 201 cm³/mol. The average Bonchev–Trinajstić information content (AvgIpc) is 3.82. The molecule has 0 spiro atoms. The lowest BCUT2D eigenvalue weighted by atomic mass is 10.0. The van der Waals surface area contributed by atoms with Gasteiger partial charge >= 0.3 is 0 Å². The molecule has 0 unspecified atom stereocenters. The second-order valence-electron chi connectivity index (χ2n) is 12.3. The molecular formula is C43H23N5S. The first-order chi connectivity index (χ1) is 24.2. The molecule has 0 saturated carbocycles. The summed E-state index contributed by atoms with van der Waals surface area (Å²) < 4.78 is 7.04. The Balaban J connectivity index is 1.22. The van der Waals surface area contributed by atoms with Gasteiger partial charge in [-0.2, -0.15) is 10.5 Å². The maximum Gasteiger partial charge on any atom is 0.0992 e. The van der Waals surface area contributed by atoms with E-state index in [1.54, 1.807) is 0 Å². The molecule has 0 atom stereocenters. The van der Waals surface area contributed by atoms with Gasteiger partial charge in [0.05, 0.1) is 50.8 Å². The highest BCUT2D eigenvalue weighted by Gasteiger charge is 2.20. The number of nitrogens with zero attached hydrogens (tertiary/aromatic N) is 5. The third-order valence-corrected chi connectivity index (χ3v) is 10.7. The van der Waals surface area contributed by atoms with Crippen molar-refractivity contribution in [2.75, 3.05) is 0 Å². The Hall–Kier alpha value is -6.73. The number of pyridine rings is 1. The topological polar surface area (TPSA) is 70.3 Å². The molecule has 0 amide bonds. The zero-order chi connectivity index (χ0) is 32.6. The fraction of sp³-hybridized carbons (Fsp3) is 0. The minimum absolute atomic E-state index is 0.574. The van der Waals surface area contributed by atoms with Crippen molar-refractivity contribution in [3.8, 4) is 34.6 Å². The minimum Gasteiger partial charge on any atom is -0.309 e. The molecule has 0 saturated heterocycles. The lowest BCUT2D eigenvalue weighted by molar-refractivity contribution is 1.17. The van der Waals surface area contributed by atoms with Gasteiger partial charge in [0.15, 0.2) is 0 Å². The van der Waals surface area contributed by atoms with Crippen molar-refractivity contribution >= 4 is 75.3 Å². The molecule has 0 aliphatic heterocycles. The Morgan fingerprint density at radius 1 is 0.510 bits per heavy atom. The molecule has 0 N–H and O–H groups in total. The molecule has 0 fully saturated rings. The summed E-state index contributed by atoms with van der Waals surface area (Å²) in [7, 11) is 0. The van der Waals surface area contributed by atoms with Gasteiger partial charge in [0, 0.05) is 53.9 Å². The van der Waals surface area contributed by atoms with Crippen molar-refractivity contribution in [1.82, 2.24) is 14.1 Å². The minimum atomic E-state index is 0.574. The van der Waals surface area contributed by atoms with Crippen LogP contribution >= 0.6 is 11.3 Å². The molecule has 6 heteroatoms. The van der Waals surface area contributed by atoms with E-state index in [9.17, 15) is 10.5 Å². The smallest absolute Gasteiger partial charge is 0.0992 e. The van der Waals surface area contributed by atoms with E-state index in [1.165, 1.54) is 20.2 Å². The summed E-state index contributed by atoms with van der Waals surface area (Å²) >= 11 is 1.82. The lowest BCUT2D eigenvalue weighted by Gasteiger charge is -2.13. The van der Waals surface area contributed by atoms with E-state index in [0.29, 0.717) is 11.1 Å². The average molecular weight is 642 g/mol. The standard InChI is InChI=1S/C43H23N5S/c44-24-26-14-16-37-35(21-26)32-9-1-3-11-36(32)47(37)31-20-27(25-45)19-29(23-31)28-7-5-8-30(22-28)48-38-12-6-18-46-42(38)34-15-17-40-41(43(34)48)33-10-2-4-13-39(33)49-40/h1-23H. The Bertz CT molecular complexity index is 3090. The molecule has 6 aromatic carbocycles. The van der Waals surface area contributed by atoms with Gasteiger partial charge in [-0.25, -0.2) is 0 Å². The summed E-state index contributed by atoms with van der Waals surface area (Å²) in [5.41, 5.74) is 10.2. The molecule has 0 aliphatic carbocycles. The van der Waals surface area contributed by atoms with Crippen LogP contribution in [0.25, 0.3) is 86.4 Å². The highest BCUT2D eigenvalue weighted by molar-refractivity contribution is 7.26. The number of fused-ring (bicyclic) bond motifs is 10. The molecule has 4 aromatic heterocycles. The molecular weight excluding hydrogens is 619 g/mol.